The van der Waals surface area contributed by atoms with Crippen molar-refractivity contribution in [2.75, 3.05) is 13.2 Å². The molecule has 4 aromatic rings. The van der Waals surface area contributed by atoms with Crippen LogP contribution in [0.15, 0.2) is 90.2 Å². The molecular weight excluding hydrogens is 474 g/mol. The van der Waals surface area contributed by atoms with Crippen molar-refractivity contribution in [2.24, 2.45) is 5.10 Å². The van der Waals surface area contributed by atoms with Gasteiger partial charge in [-0.25, -0.2) is 10.1 Å². The average molecular weight is 500 g/mol. The molecular formula is C27H25N5O5. The van der Waals surface area contributed by atoms with E-state index in [1.54, 1.807) is 10.7 Å². The number of nitro groups is 1. The lowest BCUT2D eigenvalue weighted by Gasteiger charge is -2.06. The van der Waals surface area contributed by atoms with Crippen LogP contribution in [0.5, 0.6) is 11.5 Å². The smallest absolute Gasteiger partial charge is 0.310 e. The summed E-state index contributed by atoms with van der Waals surface area (Å²) in [6, 6.07) is 23.1. The molecule has 1 aromatic heterocycles. The molecule has 0 bridgehead atoms. The maximum absolute atomic E-state index is 12.2. The molecule has 0 spiro atoms. The van der Waals surface area contributed by atoms with Crippen molar-refractivity contribution in [3.63, 3.8) is 0 Å². The Kier molecular flexibility index (Phi) is 8.22. The van der Waals surface area contributed by atoms with Gasteiger partial charge in [-0.3, -0.25) is 14.9 Å². The number of aromatic nitrogens is 2. The zero-order chi connectivity index (χ0) is 26.0. The predicted octanol–water partition coefficient (Wildman–Crippen LogP) is 4.77. The molecule has 0 fully saturated rings. The molecule has 0 aliphatic heterocycles. The van der Waals surface area contributed by atoms with Gasteiger partial charge in [-0.2, -0.15) is 10.2 Å². The highest BCUT2D eigenvalue weighted by Crippen LogP contribution is 2.26. The van der Waals surface area contributed by atoms with Gasteiger partial charge in [0.25, 0.3) is 5.91 Å². The summed E-state index contributed by atoms with van der Waals surface area (Å²) >= 11 is 0. The first-order valence-corrected chi connectivity index (χ1v) is 11.6. The minimum Gasteiger partial charge on any atom is -0.494 e. The van der Waals surface area contributed by atoms with E-state index < -0.39 is 17.4 Å². The standard InChI is InChI=1S/C27H25N5O5/c1-2-16-36-23-14-12-20(13-15-23)27-21(18-31(30-27)22-8-4-3-5-9-22)17-28-29-26(33)19-37-25-11-7-6-10-24(25)32(34)35/h3-15,17-18H,2,16,19H2,1H3,(H,29,33)/b28-17-. The van der Waals surface area contributed by atoms with Gasteiger partial charge in [-0.1, -0.05) is 37.3 Å². The number of hydrogen-bond acceptors (Lipinski definition) is 7. The second kappa shape index (κ2) is 12.1. The third kappa shape index (κ3) is 6.57. The molecule has 0 saturated carbocycles. The lowest BCUT2D eigenvalue weighted by molar-refractivity contribution is -0.385. The highest BCUT2D eigenvalue weighted by Gasteiger charge is 2.15. The number of hydrazone groups is 1. The Morgan fingerprint density at radius 2 is 1.78 bits per heavy atom. The summed E-state index contributed by atoms with van der Waals surface area (Å²) in [4.78, 5) is 22.8. The van der Waals surface area contributed by atoms with E-state index in [9.17, 15) is 14.9 Å². The second-order valence-electron chi connectivity index (χ2n) is 7.89. The molecule has 4 rings (SSSR count). The van der Waals surface area contributed by atoms with E-state index in [2.05, 4.69) is 10.5 Å². The van der Waals surface area contributed by atoms with Crippen LogP contribution in [0.2, 0.25) is 0 Å². The van der Waals surface area contributed by atoms with Gasteiger partial charge in [0.1, 0.15) is 11.4 Å². The van der Waals surface area contributed by atoms with Crippen molar-refractivity contribution < 1.29 is 19.2 Å². The van der Waals surface area contributed by atoms with Crippen LogP contribution in [0.4, 0.5) is 5.69 Å². The van der Waals surface area contributed by atoms with Crippen molar-refractivity contribution in [1.29, 1.82) is 0 Å². The van der Waals surface area contributed by atoms with Crippen LogP contribution in [0, 0.1) is 10.1 Å². The van der Waals surface area contributed by atoms with E-state index in [0.29, 0.717) is 17.9 Å². The first-order chi connectivity index (χ1) is 18.0. The third-order valence-corrected chi connectivity index (χ3v) is 5.18. The van der Waals surface area contributed by atoms with Crippen LogP contribution in [0.25, 0.3) is 16.9 Å². The molecule has 37 heavy (non-hydrogen) atoms. The van der Waals surface area contributed by atoms with Gasteiger partial charge in [-0.15, -0.1) is 0 Å². The summed E-state index contributed by atoms with van der Waals surface area (Å²) in [5.74, 6) is 0.211. The Hall–Kier alpha value is -4.99. The number of carbonyl (C=O) groups excluding carboxylic acids is 1. The summed E-state index contributed by atoms with van der Waals surface area (Å²) in [6.07, 6.45) is 4.22. The number of benzene rings is 3. The fraction of sp³-hybridized carbons (Fsp3) is 0.148. The Bertz CT molecular complexity index is 1380. The molecule has 0 aliphatic rings. The fourth-order valence-electron chi connectivity index (χ4n) is 3.43. The van der Waals surface area contributed by atoms with Crippen LogP contribution in [0.3, 0.4) is 0 Å². The van der Waals surface area contributed by atoms with Crippen molar-refractivity contribution >= 4 is 17.8 Å². The van der Waals surface area contributed by atoms with Crippen molar-refractivity contribution in [3.8, 4) is 28.4 Å². The number of nitro benzene ring substituents is 1. The quantitative estimate of drug-likeness (QED) is 0.180. The fourth-order valence-corrected chi connectivity index (χ4v) is 3.43. The Labute approximate surface area is 213 Å². The second-order valence-corrected chi connectivity index (χ2v) is 7.89. The normalized spacial score (nSPS) is 10.8. The molecule has 10 nitrogen and oxygen atoms in total. The van der Waals surface area contributed by atoms with Crippen LogP contribution >= 0.6 is 0 Å². The largest absolute Gasteiger partial charge is 0.494 e. The minimum atomic E-state index is -0.570. The van der Waals surface area contributed by atoms with Gasteiger partial charge in [0.15, 0.2) is 12.4 Å². The SMILES string of the molecule is CCCOc1ccc(-c2nn(-c3ccccc3)cc2/C=N\NC(=O)COc2ccccc2[N+](=O)[O-])cc1. The maximum Gasteiger partial charge on any atom is 0.310 e. The molecule has 0 unspecified atom stereocenters. The first kappa shape index (κ1) is 25.1. The molecule has 0 atom stereocenters. The predicted molar refractivity (Wildman–Crippen MR) is 139 cm³/mol. The molecule has 188 valence electrons. The summed E-state index contributed by atoms with van der Waals surface area (Å²) in [5.41, 5.74) is 5.23. The summed E-state index contributed by atoms with van der Waals surface area (Å²) in [6.45, 7) is 2.26. The summed E-state index contributed by atoms with van der Waals surface area (Å²) < 4.78 is 12.7. The molecule has 0 aliphatic carbocycles. The van der Waals surface area contributed by atoms with Gasteiger partial charge in [0.05, 0.1) is 23.4 Å². The average Bonchev–Trinajstić information content (AvgIpc) is 3.36. The topological polar surface area (TPSA) is 121 Å². The van der Waals surface area contributed by atoms with Crippen LogP contribution < -0.4 is 14.9 Å². The molecule has 0 saturated heterocycles. The van der Waals surface area contributed by atoms with Gasteiger partial charge in [0, 0.05) is 23.4 Å². The van der Waals surface area contributed by atoms with Crippen molar-refractivity contribution in [1.82, 2.24) is 15.2 Å². The lowest BCUT2D eigenvalue weighted by Crippen LogP contribution is -2.24. The minimum absolute atomic E-state index is 0.00409. The summed E-state index contributed by atoms with van der Waals surface area (Å²) in [5, 5.41) is 19.9. The molecule has 1 amide bonds. The molecule has 1 N–H and O–H groups in total. The maximum atomic E-state index is 12.2. The molecule has 10 heteroatoms. The van der Waals surface area contributed by atoms with E-state index >= 15 is 0 Å². The first-order valence-electron chi connectivity index (χ1n) is 11.6. The van der Waals surface area contributed by atoms with E-state index in [1.165, 1.54) is 24.4 Å². The van der Waals surface area contributed by atoms with E-state index in [4.69, 9.17) is 14.6 Å². The summed E-state index contributed by atoms with van der Waals surface area (Å²) in [7, 11) is 0. The lowest BCUT2D eigenvalue weighted by atomic mass is 10.1. The molecule has 3 aromatic carbocycles. The number of amides is 1. The van der Waals surface area contributed by atoms with Gasteiger partial charge in [-0.05, 0) is 48.9 Å². The molecule has 0 radical (unpaired) electrons. The number of para-hydroxylation sites is 3. The Morgan fingerprint density at radius 3 is 2.51 bits per heavy atom. The zero-order valence-corrected chi connectivity index (χ0v) is 20.1. The van der Waals surface area contributed by atoms with Crippen LogP contribution in [0.1, 0.15) is 18.9 Å². The number of nitrogens with one attached hydrogen (secondary N) is 1. The van der Waals surface area contributed by atoms with Gasteiger partial charge in [0.2, 0.25) is 0 Å². The highest BCUT2D eigenvalue weighted by atomic mass is 16.6. The number of nitrogens with zero attached hydrogens (tertiary/aromatic N) is 4. The van der Waals surface area contributed by atoms with E-state index in [-0.39, 0.29) is 11.4 Å². The van der Waals surface area contributed by atoms with Crippen molar-refractivity contribution in [2.45, 2.75) is 13.3 Å². The third-order valence-electron chi connectivity index (χ3n) is 5.18. The Balaban J connectivity index is 1.49. The monoisotopic (exact) mass is 499 g/mol. The van der Waals surface area contributed by atoms with E-state index in [1.807, 2.05) is 67.7 Å². The Morgan fingerprint density at radius 1 is 1.05 bits per heavy atom. The van der Waals surface area contributed by atoms with Crippen LogP contribution in [-0.4, -0.2) is 40.0 Å². The highest BCUT2D eigenvalue weighted by molar-refractivity contribution is 5.89. The van der Waals surface area contributed by atoms with Crippen LogP contribution in [-0.2, 0) is 4.79 Å². The number of carbonyl (C=O) groups is 1. The van der Waals surface area contributed by atoms with Gasteiger partial charge < -0.3 is 9.47 Å². The number of ether oxygens (including phenoxy) is 2. The van der Waals surface area contributed by atoms with Crippen molar-refractivity contribution in [3.05, 3.63) is 101 Å². The number of hydrogen-bond donors (Lipinski definition) is 1. The zero-order valence-electron chi connectivity index (χ0n) is 20.1. The van der Waals surface area contributed by atoms with Gasteiger partial charge >= 0.3 is 5.69 Å². The molecule has 1 heterocycles. The number of rotatable bonds is 11. The van der Waals surface area contributed by atoms with E-state index in [0.717, 1.165) is 23.4 Å².